The first-order chi connectivity index (χ1) is 8.79. The lowest BCUT2D eigenvalue weighted by Crippen LogP contribution is -2.37. The van der Waals surface area contributed by atoms with Crippen LogP contribution in [-0.2, 0) is 11.3 Å². The Bertz CT molecular complexity index is 559. The molecule has 6 nitrogen and oxygen atoms in total. The molecule has 1 aliphatic rings. The van der Waals surface area contributed by atoms with Gasteiger partial charge in [0.2, 0.25) is 0 Å². The van der Waals surface area contributed by atoms with Gasteiger partial charge in [0.1, 0.15) is 5.82 Å². The van der Waals surface area contributed by atoms with Gasteiger partial charge in [0.05, 0.1) is 19.5 Å². The molecular weight excluding hydrogens is 230 g/mol. The van der Waals surface area contributed by atoms with Crippen LogP contribution >= 0.6 is 0 Å². The first-order valence-corrected chi connectivity index (χ1v) is 6.31. The van der Waals surface area contributed by atoms with Gasteiger partial charge >= 0.3 is 0 Å². The maximum absolute atomic E-state index is 5.38. The zero-order chi connectivity index (χ0) is 12.5. The number of hydrogen-bond acceptors (Lipinski definition) is 5. The predicted octanol–water partition coefficient (Wildman–Crippen LogP) is 0.991. The molecule has 0 N–H and O–H groups in total. The summed E-state index contributed by atoms with van der Waals surface area (Å²) in [5.41, 5.74) is 1.82. The normalized spacial score (nSPS) is 16.4. The van der Waals surface area contributed by atoms with Crippen molar-refractivity contribution in [1.29, 1.82) is 0 Å². The Morgan fingerprint density at radius 1 is 1.28 bits per heavy atom. The zero-order valence-electron chi connectivity index (χ0n) is 10.8. The molecule has 1 fully saturated rings. The lowest BCUT2D eigenvalue weighted by atomic mass is 10.3. The van der Waals surface area contributed by atoms with Crippen molar-refractivity contribution in [1.82, 2.24) is 19.5 Å². The second-order valence-electron chi connectivity index (χ2n) is 4.40. The number of imidazole rings is 1. The van der Waals surface area contributed by atoms with Gasteiger partial charge in [0.15, 0.2) is 17.0 Å². The van der Waals surface area contributed by atoms with Crippen molar-refractivity contribution < 1.29 is 4.74 Å². The Hall–Kier alpha value is -1.69. The van der Waals surface area contributed by atoms with Crippen molar-refractivity contribution >= 4 is 17.0 Å². The SMILES string of the molecule is CCn1cnc2c(N3CCOCC3)nc(C)nc21. The number of morpholine rings is 1. The molecule has 0 radical (unpaired) electrons. The third-order valence-corrected chi connectivity index (χ3v) is 3.21. The van der Waals surface area contributed by atoms with Crippen LogP contribution in [0.15, 0.2) is 6.33 Å². The summed E-state index contributed by atoms with van der Waals surface area (Å²) >= 11 is 0. The van der Waals surface area contributed by atoms with E-state index in [1.165, 1.54) is 0 Å². The molecule has 6 heteroatoms. The van der Waals surface area contributed by atoms with Crippen LogP contribution in [0.5, 0.6) is 0 Å². The molecule has 18 heavy (non-hydrogen) atoms. The van der Waals surface area contributed by atoms with Crippen molar-refractivity contribution in [2.24, 2.45) is 0 Å². The molecule has 0 bridgehead atoms. The highest BCUT2D eigenvalue weighted by atomic mass is 16.5. The minimum atomic E-state index is 0.749. The van der Waals surface area contributed by atoms with Gasteiger partial charge in [-0.15, -0.1) is 0 Å². The summed E-state index contributed by atoms with van der Waals surface area (Å²) in [6.45, 7) is 8.12. The highest BCUT2D eigenvalue weighted by Gasteiger charge is 2.19. The van der Waals surface area contributed by atoms with E-state index >= 15 is 0 Å². The number of ether oxygens (including phenoxy) is 1. The smallest absolute Gasteiger partial charge is 0.165 e. The van der Waals surface area contributed by atoms with Gasteiger partial charge in [-0.05, 0) is 13.8 Å². The topological polar surface area (TPSA) is 56.1 Å². The van der Waals surface area contributed by atoms with Crippen molar-refractivity contribution in [3.63, 3.8) is 0 Å². The highest BCUT2D eigenvalue weighted by molar-refractivity contribution is 5.83. The fraction of sp³-hybridized carbons (Fsp3) is 0.583. The molecule has 96 valence electrons. The van der Waals surface area contributed by atoms with Crippen LogP contribution in [0.3, 0.4) is 0 Å². The van der Waals surface area contributed by atoms with Crippen molar-refractivity contribution in [2.75, 3.05) is 31.2 Å². The van der Waals surface area contributed by atoms with Crippen LogP contribution in [0.25, 0.3) is 11.2 Å². The first-order valence-electron chi connectivity index (χ1n) is 6.31. The lowest BCUT2D eigenvalue weighted by molar-refractivity contribution is 0.122. The van der Waals surface area contributed by atoms with Crippen LogP contribution in [-0.4, -0.2) is 45.8 Å². The monoisotopic (exact) mass is 247 g/mol. The van der Waals surface area contributed by atoms with E-state index in [0.29, 0.717) is 0 Å². The summed E-state index contributed by atoms with van der Waals surface area (Å²) in [5, 5.41) is 0. The third kappa shape index (κ3) is 1.82. The fourth-order valence-corrected chi connectivity index (χ4v) is 2.26. The van der Waals surface area contributed by atoms with E-state index in [9.17, 15) is 0 Å². The van der Waals surface area contributed by atoms with E-state index in [1.54, 1.807) is 0 Å². The predicted molar refractivity (Wildman–Crippen MR) is 68.8 cm³/mol. The van der Waals surface area contributed by atoms with E-state index in [0.717, 1.165) is 55.7 Å². The molecule has 0 spiro atoms. The van der Waals surface area contributed by atoms with Gasteiger partial charge in [0, 0.05) is 19.6 Å². The average Bonchev–Trinajstić information content (AvgIpc) is 2.81. The number of aromatic nitrogens is 4. The summed E-state index contributed by atoms with van der Waals surface area (Å²) < 4.78 is 7.43. The maximum Gasteiger partial charge on any atom is 0.165 e. The molecule has 3 heterocycles. The Balaban J connectivity index is 2.12. The van der Waals surface area contributed by atoms with Crippen molar-refractivity contribution in [2.45, 2.75) is 20.4 Å². The molecule has 0 aromatic carbocycles. The molecule has 3 rings (SSSR count). The third-order valence-electron chi connectivity index (χ3n) is 3.21. The summed E-state index contributed by atoms with van der Waals surface area (Å²) in [7, 11) is 0. The number of fused-ring (bicyclic) bond motifs is 1. The Morgan fingerprint density at radius 2 is 2.06 bits per heavy atom. The summed E-state index contributed by atoms with van der Waals surface area (Å²) in [6, 6.07) is 0. The van der Waals surface area contributed by atoms with Gasteiger partial charge < -0.3 is 14.2 Å². The Kier molecular flexibility index (Phi) is 2.87. The highest BCUT2D eigenvalue weighted by Crippen LogP contribution is 2.23. The van der Waals surface area contributed by atoms with Crippen molar-refractivity contribution in [3.8, 4) is 0 Å². The van der Waals surface area contributed by atoms with E-state index in [1.807, 2.05) is 17.8 Å². The maximum atomic E-state index is 5.38. The zero-order valence-corrected chi connectivity index (χ0v) is 10.8. The van der Waals surface area contributed by atoms with Crippen LogP contribution < -0.4 is 4.90 Å². The number of nitrogens with zero attached hydrogens (tertiary/aromatic N) is 5. The van der Waals surface area contributed by atoms with Gasteiger partial charge in [-0.2, -0.15) is 0 Å². The Morgan fingerprint density at radius 3 is 2.78 bits per heavy atom. The largest absolute Gasteiger partial charge is 0.378 e. The lowest BCUT2D eigenvalue weighted by Gasteiger charge is -2.27. The summed E-state index contributed by atoms with van der Waals surface area (Å²) in [6.07, 6.45) is 1.84. The molecule has 0 aliphatic carbocycles. The quantitative estimate of drug-likeness (QED) is 0.792. The van der Waals surface area contributed by atoms with Gasteiger partial charge in [-0.25, -0.2) is 15.0 Å². The van der Waals surface area contributed by atoms with Gasteiger partial charge in [0.25, 0.3) is 0 Å². The van der Waals surface area contributed by atoms with Crippen LogP contribution in [0.4, 0.5) is 5.82 Å². The van der Waals surface area contributed by atoms with E-state index in [-0.39, 0.29) is 0 Å². The molecule has 2 aromatic heterocycles. The molecule has 2 aromatic rings. The van der Waals surface area contributed by atoms with E-state index in [2.05, 4.69) is 26.8 Å². The molecule has 1 saturated heterocycles. The molecule has 0 saturated carbocycles. The molecular formula is C12H17N5O. The molecule has 1 aliphatic heterocycles. The van der Waals surface area contributed by atoms with E-state index < -0.39 is 0 Å². The van der Waals surface area contributed by atoms with Crippen LogP contribution in [0.2, 0.25) is 0 Å². The second-order valence-corrected chi connectivity index (χ2v) is 4.40. The minimum absolute atomic E-state index is 0.749. The average molecular weight is 247 g/mol. The molecule has 0 amide bonds. The van der Waals surface area contributed by atoms with Gasteiger partial charge in [-0.3, -0.25) is 0 Å². The number of aryl methyl sites for hydroxylation is 2. The number of rotatable bonds is 2. The minimum Gasteiger partial charge on any atom is -0.378 e. The number of anilines is 1. The van der Waals surface area contributed by atoms with E-state index in [4.69, 9.17) is 4.74 Å². The fourth-order valence-electron chi connectivity index (χ4n) is 2.26. The second kappa shape index (κ2) is 4.53. The number of hydrogen-bond donors (Lipinski definition) is 0. The standard InChI is InChI=1S/C12H17N5O/c1-3-16-8-13-10-11(16)14-9(2)15-12(10)17-4-6-18-7-5-17/h8H,3-7H2,1-2H3. The summed E-state index contributed by atoms with van der Waals surface area (Å²) in [4.78, 5) is 15.7. The molecule has 0 atom stereocenters. The first kappa shape index (κ1) is 11.4. The van der Waals surface area contributed by atoms with Crippen LogP contribution in [0, 0.1) is 6.92 Å². The van der Waals surface area contributed by atoms with Crippen molar-refractivity contribution in [3.05, 3.63) is 12.2 Å². The Labute approximate surface area is 106 Å². The summed E-state index contributed by atoms with van der Waals surface area (Å²) in [5.74, 6) is 1.73. The van der Waals surface area contributed by atoms with Gasteiger partial charge in [-0.1, -0.05) is 0 Å². The molecule has 0 unspecified atom stereocenters. The van der Waals surface area contributed by atoms with Crippen LogP contribution in [0.1, 0.15) is 12.7 Å².